The summed E-state index contributed by atoms with van der Waals surface area (Å²) >= 11 is 4.99. The standard InChI is InChI=1S/C20H17BrN2O3S/c1-10-7-13-18(17(21)11(10)2)22-20-23(13)19(24)16(27-20)9-12-5-6-14(25-3)15(8-12)26-4/h5-9H,1-4H3/b16-9+. The zero-order valence-electron chi connectivity index (χ0n) is 15.3. The highest BCUT2D eigenvalue weighted by Gasteiger charge is 2.16. The molecule has 5 nitrogen and oxygen atoms in total. The third-order valence-corrected chi connectivity index (χ3v) is 6.62. The summed E-state index contributed by atoms with van der Waals surface area (Å²) in [4.78, 5) is 18.4. The van der Waals surface area contributed by atoms with Crippen molar-refractivity contribution in [1.82, 2.24) is 9.38 Å². The number of imidazole rings is 1. The minimum atomic E-state index is -0.0672. The van der Waals surface area contributed by atoms with Crippen LogP contribution in [0.15, 0.2) is 33.5 Å². The highest BCUT2D eigenvalue weighted by atomic mass is 79.9. The van der Waals surface area contributed by atoms with Gasteiger partial charge in [0.2, 0.25) is 0 Å². The number of aryl methyl sites for hydroxylation is 1. The second-order valence-electron chi connectivity index (χ2n) is 6.26. The summed E-state index contributed by atoms with van der Waals surface area (Å²) in [5.41, 5.74) is 4.70. The van der Waals surface area contributed by atoms with Crippen LogP contribution < -0.4 is 19.6 Å². The van der Waals surface area contributed by atoms with Crippen molar-refractivity contribution in [2.45, 2.75) is 13.8 Å². The van der Waals surface area contributed by atoms with E-state index in [2.05, 4.69) is 20.9 Å². The van der Waals surface area contributed by atoms with Gasteiger partial charge in [0.15, 0.2) is 16.5 Å². The van der Waals surface area contributed by atoms with Crippen molar-refractivity contribution in [2.24, 2.45) is 0 Å². The van der Waals surface area contributed by atoms with Gasteiger partial charge in [-0.05, 0) is 70.7 Å². The van der Waals surface area contributed by atoms with Gasteiger partial charge in [0.05, 0.1) is 24.3 Å². The normalized spacial score (nSPS) is 12.3. The zero-order valence-corrected chi connectivity index (χ0v) is 17.7. The lowest BCUT2D eigenvalue weighted by Crippen LogP contribution is -2.22. The number of halogens is 1. The molecule has 0 aliphatic heterocycles. The molecule has 138 valence electrons. The molecule has 2 aromatic heterocycles. The van der Waals surface area contributed by atoms with Gasteiger partial charge in [0, 0.05) is 4.47 Å². The van der Waals surface area contributed by atoms with Gasteiger partial charge in [-0.3, -0.25) is 4.79 Å². The molecule has 2 heterocycles. The van der Waals surface area contributed by atoms with Gasteiger partial charge in [-0.25, -0.2) is 9.38 Å². The maximum atomic E-state index is 13.0. The molecule has 0 aliphatic carbocycles. The summed E-state index contributed by atoms with van der Waals surface area (Å²) in [6.07, 6.45) is 1.85. The largest absolute Gasteiger partial charge is 0.493 e. The van der Waals surface area contributed by atoms with Gasteiger partial charge < -0.3 is 9.47 Å². The van der Waals surface area contributed by atoms with Gasteiger partial charge in [-0.1, -0.05) is 17.4 Å². The number of hydrogen-bond donors (Lipinski definition) is 0. The predicted molar refractivity (Wildman–Crippen MR) is 112 cm³/mol. The quantitative estimate of drug-likeness (QED) is 0.481. The average Bonchev–Trinajstić information content (AvgIpc) is 3.17. The number of benzene rings is 2. The molecule has 0 amide bonds. The fourth-order valence-electron chi connectivity index (χ4n) is 3.07. The van der Waals surface area contributed by atoms with E-state index in [0.29, 0.717) is 21.0 Å². The third-order valence-electron chi connectivity index (χ3n) is 4.68. The molecule has 2 aromatic carbocycles. The molecule has 27 heavy (non-hydrogen) atoms. The first-order valence-corrected chi connectivity index (χ1v) is 9.90. The molecule has 0 unspecified atom stereocenters. The summed E-state index contributed by atoms with van der Waals surface area (Å²) < 4.78 is 13.9. The van der Waals surface area contributed by atoms with Gasteiger partial charge in [-0.15, -0.1) is 0 Å². The van der Waals surface area contributed by atoms with Crippen LogP contribution in [0.2, 0.25) is 0 Å². The van der Waals surface area contributed by atoms with Gasteiger partial charge in [0.1, 0.15) is 5.52 Å². The molecule has 0 radical (unpaired) electrons. The maximum absolute atomic E-state index is 13.0. The van der Waals surface area contributed by atoms with Gasteiger partial charge >= 0.3 is 0 Å². The Labute approximate surface area is 168 Å². The molecule has 7 heteroatoms. The molecule has 0 bridgehead atoms. The van der Waals surface area contributed by atoms with Crippen LogP contribution in [0.3, 0.4) is 0 Å². The Morgan fingerprint density at radius 1 is 1.15 bits per heavy atom. The fourth-order valence-corrected chi connectivity index (χ4v) is 4.66. The molecule has 0 saturated carbocycles. The summed E-state index contributed by atoms with van der Waals surface area (Å²) in [5.74, 6) is 1.28. The van der Waals surface area contributed by atoms with Crippen molar-refractivity contribution < 1.29 is 9.47 Å². The van der Waals surface area contributed by atoms with Crippen LogP contribution in [0.25, 0.3) is 22.1 Å². The highest BCUT2D eigenvalue weighted by molar-refractivity contribution is 9.10. The van der Waals surface area contributed by atoms with Crippen LogP contribution in [-0.2, 0) is 0 Å². The summed E-state index contributed by atoms with van der Waals surface area (Å²) in [5, 5.41) is 0. The maximum Gasteiger partial charge on any atom is 0.274 e. The Morgan fingerprint density at radius 2 is 1.89 bits per heavy atom. The van der Waals surface area contributed by atoms with Crippen LogP contribution in [0, 0.1) is 13.8 Å². The molecular formula is C20H17BrN2O3S. The van der Waals surface area contributed by atoms with Crippen molar-refractivity contribution in [2.75, 3.05) is 14.2 Å². The smallest absolute Gasteiger partial charge is 0.274 e. The number of aromatic nitrogens is 2. The van der Waals surface area contributed by atoms with E-state index in [4.69, 9.17) is 9.47 Å². The number of fused-ring (bicyclic) bond motifs is 3. The van der Waals surface area contributed by atoms with Crippen molar-refractivity contribution in [3.05, 3.63) is 60.3 Å². The van der Waals surface area contributed by atoms with Crippen molar-refractivity contribution in [1.29, 1.82) is 0 Å². The monoisotopic (exact) mass is 444 g/mol. The topological polar surface area (TPSA) is 52.8 Å². The SMILES string of the molecule is COc1ccc(/C=c2/sc3nc4c(Br)c(C)c(C)cc4n3c2=O)cc1OC. The molecule has 0 aliphatic rings. The summed E-state index contributed by atoms with van der Waals surface area (Å²) in [6, 6.07) is 7.59. The second-order valence-corrected chi connectivity index (χ2v) is 8.06. The molecule has 4 aromatic rings. The summed E-state index contributed by atoms with van der Waals surface area (Å²) in [6.45, 7) is 4.08. The number of methoxy groups -OCH3 is 2. The van der Waals surface area contributed by atoms with Crippen LogP contribution in [0.4, 0.5) is 0 Å². The number of nitrogens with zero attached hydrogens (tertiary/aromatic N) is 2. The van der Waals surface area contributed by atoms with Crippen molar-refractivity contribution in [3.63, 3.8) is 0 Å². The average molecular weight is 445 g/mol. The van der Waals surface area contributed by atoms with Crippen LogP contribution >= 0.6 is 27.3 Å². The van der Waals surface area contributed by atoms with Gasteiger partial charge in [0.25, 0.3) is 5.56 Å². The first-order chi connectivity index (χ1) is 12.9. The van der Waals surface area contributed by atoms with E-state index in [9.17, 15) is 4.79 Å². The first-order valence-electron chi connectivity index (χ1n) is 8.29. The lowest BCUT2D eigenvalue weighted by molar-refractivity contribution is 0.355. The van der Waals surface area contributed by atoms with Crippen LogP contribution in [0.5, 0.6) is 11.5 Å². The number of ether oxygens (including phenoxy) is 2. The van der Waals surface area contributed by atoms with E-state index < -0.39 is 0 Å². The summed E-state index contributed by atoms with van der Waals surface area (Å²) in [7, 11) is 3.19. The Hall–Kier alpha value is -2.38. The number of thiazole rings is 1. The van der Waals surface area contributed by atoms with E-state index in [-0.39, 0.29) is 5.56 Å². The third kappa shape index (κ3) is 2.82. The first kappa shape index (κ1) is 18.0. The van der Waals surface area contributed by atoms with Gasteiger partial charge in [-0.2, -0.15) is 0 Å². The zero-order chi connectivity index (χ0) is 19.3. The van der Waals surface area contributed by atoms with E-state index in [1.54, 1.807) is 18.6 Å². The Bertz CT molecular complexity index is 1310. The van der Waals surface area contributed by atoms with E-state index in [1.165, 1.54) is 11.3 Å². The molecule has 0 N–H and O–H groups in total. The van der Waals surface area contributed by atoms with E-state index in [1.807, 2.05) is 44.2 Å². The molecule has 0 fully saturated rings. The fraction of sp³-hybridized carbons (Fsp3) is 0.200. The van der Waals surface area contributed by atoms with E-state index >= 15 is 0 Å². The lowest BCUT2D eigenvalue weighted by Gasteiger charge is -2.07. The molecule has 0 atom stereocenters. The van der Waals surface area contributed by atoms with Crippen LogP contribution in [-0.4, -0.2) is 23.6 Å². The van der Waals surface area contributed by atoms with Crippen molar-refractivity contribution in [3.8, 4) is 11.5 Å². The molecule has 0 spiro atoms. The molecule has 4 rings (SSSR count). The lowest BCUT2D eigenvalue weighted by atomic mass is 10.1. The Morgan fingerprint density at radius 3 is 2.59 bits per heavy atom. The molecular weight excluding hydrogens is 428 g/mol. The van der Waals surface area contributed by atoms with E-state index in [0.717, 1.165) is 32.2 Å². The highest BCUT2D eigenvalue weighted by Crippen LogP contribution is 2.30. The minimum Gasteiger partial charge on any atom is -0.493 e. The minimum absolute atomic E-state index is 0.0672. The molecule has 0 saturated heterocycles. The number of hydrogen-bond acceptors (Lipinski definition) is 5. The second kappa shape index (κ2) is 6.65. The Kier molecular flexibility index (Phi) is 4.44. The van der Waals surface area contributed by atoms with Crippen LogP contribution in [0.1, 0.15) is 16.7 Å². The predicted octanol–water partition coefficient (Wildman–Crippen LogP) is 3.85. The van der Waals surface area contributed by atoms with Crippen molar-refractivity contribution >= 4 is 49.3 Å². The Balaban J connectivity index is 1.95. The number of rotatable bonds is 3.